The van der Waals surface area contributed by atoms with E-state index in [0.29, 0.717) is 49.7 Å². The van der Waals surface area contributed by atoms with Crippen LogP contribution in [0.15, 0.2) is 6.07 Å². The molecule has 0 aromatic heterocycles. The summed E-state index contributed by atoms with van der Waals surface area (Å²) in [7, 11) is 0. The van der Waals surface area contributed by atoms with Gasteiger partial charge < -0.3 is 20.3 Å². The van der Waals surface area contributed by atoms with Crippen LogP contribution >= 0.6 is 0 Å². The number of halogens is 1. The Morgan fingerprint density at radius 2 is 2.12 bits per heavy atom. The molecule has 2 rings (SSSR count). The van der Waals surface area contributed by atoms with E-state index < -0.39 is 5.82 Å². The summed E-state index contributed by atoms with van der Waals surface area (Å²) in [6.45, 7) is 1.28. The minimum Gasteiger partial charge on any atom is -0.505 e. The summed E-state index contributed by atoms with van der Waals surface area (Å²) in [4.78, 5) is 0. The summed E-state index contributed by atoms with van der Waals surface area (Å²) in [5, 5.41) is 9.63. The number of hydrogen-bond acceptors (Lipinski definition) is 4. The number of phenolic OH excluding ortho intramolecular Hbond substituents is 1. The van der Waals surface area contributed by atoms with Gasteiger partial charge in [-0.25, -0.2) is 4.39 Å². The second-order valence-corrected chi connectivity index (χ2v) is 3.60. The van der Waals surface area contributed by atoms with Gasteiger partial charge in [0.1, 0.15) is 13.2 Å². The van der Waals surface area contributed by atoms with Gasteiger partial charge in [-0.05, 0) is 19.4 Å². The molecule has 4 nitrogen and oxygen atoms in total. The number of nitrogens with two attached hydrogens (primary N) is 1. The molecule has 5 heteroatoms. The Balaban J connectivity index is 2.41. The van der Waals surface area contributed by atoms with Crippen LogP contribution in [0.5, 0.6) is 17.2 Å². The molecule has 0 spiro atoms. The van der Waals surface area contributed by atoms with Crippen molar-refractivity contribution in [3.05, 3.63) is 17.4 Å². The summed E-state index contributed by atoms with van der Waals surface area (Å²) in [6.07, 6.45) is 1.14. The average molecular weight is 227 g/mol. The fourth-order valence-electron chi connectivity index (χ4n) is 1.72. The first kappa shape index (κ1) is 11.0. The Morgan fingerprint density at radius 1 is 1.38 bits per heavy atom. The molecule has 0 unspecified atom stereocenters. The molecular weight excluding hydrogens is 213 g/mol. The molecular formula is C11H14FNO3. The van der Waals surface area contributed by atoms with Crippen molar-refractivity contribution < 1.29 is 19.0 Å². The lowest BCUT2D eigenvalue weighted by atomic mass is 10.1. The first-order valence-corrected chi connectivity index (χ1v) is 5.24. The monoisotopic (exact) mass is 227 g/mol. The molecule has 3 N–H and O–H groups in total. The number of ether oxygens (including phenoxy) is 2. The van der Waals surface area contributed by atoms with E-state index in [1.54, 1.807) is 0 Å². The Hall–Kier alpha value is -1.49. The fraction of sp³-hybridized carbons (Fsp3) is 0.455. The van der Waals surface area contributed by atoms with Crippen molar-refractivity contribution in [3.8, 4) is 17.2 Å². The average Bonchev–Trinajstić information content (AvgIpc) is 2.30. The van der Waals surface area contributed by atoms with Crippen LogP contribution in [0.2, 0.25) is 0 Å². The largest absolute Gasteiger partial charge is 0.505 e. The maximum Gasteiger partial charge on any atom is 0.169 e. The highest BCUT2D eigenvalue weighted by atomic mass is 19.1. The van der Waals surface area contributed by atoms with Gasteiger partial charge in [0.25, 0.3) is 0 Å². The van der Waals surface area contributed by atoms with Crippen LogP contribution < -0.4 is 15.2 Å². The van der Waals surface area contributed by atoms with Crippen LogP contribution in [0, 0.1) is 5.82 Å². The van der Waals surface area contributed by atoms with Gasteiger partial charge >= 0.3 is 0 Å². The minimum absolute atomic E-state index is 0.355. The van der Waals surface area contributed by atoms with Crippen molar-refractivity contribution in [2.75, 3.05) is 19.8 Å². The zero-order chi connectivity index (χ0) is 11.5. The van der Waals surface area contributed by atoms with Gasteiger partial charge in [0.05, 0.1) is 0 Å². The van der Waals surface area contributed by atoms with Crippen molar-refractivity contribution in [3.63, 3.8) is 0 Å². The highest BCUT2D eigenvalue weighted by molar-refractivity contribution is 5.54. The zero-order valence-corrected chi connectivity index (χ0v) is 8.83. The third-order valence-corrected chi connectivity index (χ3v) is 2.49. The molecule has 0 bridgehead atoms. The Bertz CT molecular complexity index is 395. The van der Waals surface area contributed by atoms with Crippen molar-refractivity contribution >= 4 is 0 Å². The highest BCUT2D eigenvalue weighted by Crippen LogP contribution is 2.41. The molecule has 1 aliphatic heterocycles. The normalized spacial score (nSPS) is 13.9. The van der Waals surface area contributed by atoms with Gasteiger partial charge in [-0.2, -0.15) is 0 Å². The molecule has 0 aliphatic carbocycles. The van der Waals surface area contributed by atoms with Gasteiger partial charge in [0.2, 0.25) is 0 Å². The topological polar surface area (TPSA) is 64.7 Å². The number of aromatic hydroxyl groups is 1. The molecule has 88 valence electrons. The van der Waals surface area contributed by atoms with Gasteiger partial charge in [-0.1, -0.05) is 0 Å². The molecule has 1 aromatic carbocycles. The van der Waals surface area contributed by atoms with Crippen molar-refractivity contribution in [2.45, 2.75) is 12.8 Å². The first-order valence-electron chi connectivity index (χ1n) is 5.24. The van der Waals surface area contributed by atoms with E-state index in [1.165, 1.54) is 0 Å². The zero-order valence-electron chi connectivity index (χ0n) is 8.83. The van der Waals surface area contributed by atoms with Crippen LogP contribution in [-0.2, 0) is 6.42 Å². The van der Waals surface area contributed by atoms with Crippen LogP contribution in [0.4, 0.5) is 4.39 Å². The Labute approximate surface area is 92.8 Å². The van der Waals surface area contributed by atoms with Gasteiger partial charge in [-0.3, -0.25) is 0 Å². The summed E-state index contributed by atoms with van der Waals surface area (Å²) in [6, 6.07) is 1.15. The molecule has 1 aliphatic rings. The third kappa shape index (κ3) is 1.90. The maximum atomic E-state index is 13.4. The van der Waals surface area contributed by atoms with Crippen molar-refractivity contribution in [1.29, 1.82) is 0 Å². The van der Waals surface area contributed by atoms with E-state index >= 15 is 0 Å². The number of hydrogen-bond donors (Lipinski definition) is 2. The van der Waals surface area contributed by atoms with E-state index in [9.17, 15) is 9.50 Å². The van der Waals surface area contributed by atoms with E-state index in [4.69, 9.17) is 15.2 Å². The second kappa shape index (κ2) is 4.57. The Morgan fingerprint density at radius 3 is 2.88 bits per heavy atom. The van der Waals surface area contributed by atoms with Crippen molar-refractivity contribution in [1.82, 2.24) is 0 Å². The van der Waals surface area contributed by atoms with Gasteiger partial charge in [0, 0.05) is 11.6 Å². The fourth-order valence-corrected chi connectivity index (χ4v) is 1.72. The lowest BCUT2D eigenvalue weighted by Crippen LogP contribution is -2.17. The van der Waals surface area contributed by atoms with E-state index in [0.717, 1.165) is 6.07 Å². The molecule has 0 amide bonds. The molecule has 0 fully saturated rings. The molecule has 0 radical (unpaired) electrons. The highest BCUT2D eigenvalue weighted by Gasteiger charge is 2.22. The number of phenols is 1. The molecule has 1 heterocycles. The molecule has 0 saturated carbocycles. The molecule has 0 atom stereocenters. The lowest BCUT2D eigenvalue weighted by Gasteiger charge is -2.22. The SMILES string of the molecule is NCCCc1c(O)c(F)cc2c1OCCO2. The van der Waals surface area contributed by atoms with E-state index in [1.807, 2.05) is 0 Å². The summed E-state index contributed by atoms with van der Waals surface area (Å²) in [5.74, 6) is -0.249. The molecule has 16 heavy (non-hydrogen) atoms. The molecule has 0 saturated heterocycles. The maximum absolute atomic E-state index is 13.4. The number of benzene rings is 1. The second-order valence-electron chi connectivity index (χ2n) is 3.60. The predicted octanol–water partition coefficient (Wildman–Crippen LogP) is 1.19. The lowest BCUT2D eigenvalue weighted by molar-refractivity contribution is 0.167. The van der Waals surface area contributed by atoms with E-state index in [2.05, 4.69) is 0 Å². The van der Waals surface area contributed by atoms with Crippen LogP contribution in [0.25, 0.3) is 0 Å². The van der Waals surface area contributed by atoms with Crippen LogP contribution in [-0.4, -0.2) is 24.9 Å². The van der Waals surface area contributed by atoms with Crippen molar-refractivity contribution in [2.24, 2.45) is 5.73 Å². The third-order valence-electron chi connectivity index (χ3n) is 2.49. The number of rotatable bonds is 3. The van der Waals surface area contributed by atoms with Gasteiger partial charge in [-0.15, -0.1) is 0 Å². The quantitative estimate of drug-likeness (QED) is 0.814. The smallest absolute Gasteiger partial charge is 0.169 e. The van der Waals surface area contributed by atoms with Gasteiger partial charge in [0.15, 0.2) is 23.1 Å². The van der Waals surface area contributed by atoms with Crippen LogP contribution in [0.1, 0.15) is 12.0 Å². The summed E-state index contributed by atoms with van der Waals surface area (Å²) < 4.78 is 24.0. The van der Waals surface area contributed by atoms with Crippen LogP contribution in [0.3, 0.4) is 0 Å². The summed E-state index contributed by atoms with van der Waals surface area (Å²) in [5.41, 5.74) is 5.84. The first-order chi connectivity index (χ1) is 7.74. The van der Waals surface area contributed by atoms with E-state index in [-0.39, 0.29) is 5.75 Å². The minimum atomic E-state index is -0.684. The molecule has 1 aromatic rings. The predicted molar refractivity (Wildman–Crippen MR) is 56.4 cm³/mol. The standard InChI is InChI=1S/C11H14FNO3/c12-8-6-9-11(16-5-4-15-9)7(10(8)14)2-1-3-13/h6,14H,1-5,13H2. The Kier molecular flexibility index (Phi) is 3.14. The summed E-state index contributed by atoms with van der Waals surface area (Å²) >= 11 is 0. The number of fused-ring (bicyclic) bond motifs is 1.